The predicted octanol–water partition coefficient (Wildman–Crippen LogP) is 3.94. The summed E-state index contributed by atoms with van der Waals surface area (Å²) >= 11 is 0. The van der Waals surface area contributed by atoms with Crippen LogP contribution in [-0.2, 0) is 11.2 Å². The van der Waals surface area contributed by atoms with Crippen molar-refractivity contribution < 1.29 is 4.79 Å². The number of benzene rings is 2. The van der Waals surface area contributed by atoms with Crippen LogP contribution in [0.1, 0.15) is 24.0 Å². The number of hydrogen-bond acceptors (Lipinski definition) is 4. The third-order valence-corrected chi connectivity index (χ3v) is 6.59. The molecule has 2 saturated heterocycles. The van der Waals surface area contributed by atoms with Gasteiger partial charge in [0.2, 0.25) is 5.91 Å². The number of amides is 1. The van der Waals surface area contributed by atoms with Crippen LogP contribution in [0.3, 0.4) is 0 Å². The van der Waals surface area contributed by atoms with Gasteiger partial charge in [0, 0.05) is 47.9 Å². The number of carbonyl (C=O) groups excluding carboxylic acids is 1. The van der Waals surface area contributed by atoms with Crippen LogP contribution < -0.4 is 5.32 Å². The molecule has 1 amide bonds. The first-order valence-electron chi connectivity index (χ1n) is 10.8. The zero-order valence-electron chi connectivity index (χ0n) is 17.5. The molecule has 5 heteroatoms. The van der Waals surface area contributed by atoms with Crippen LogP contribution in [0.25, 0.3) is 10.9 Å². The lowest BCUT2D eigenvalue weighted by Gasteiger charge is -2.25. The Balaban J connectivity index is 1.33. The minimum absolute atomic E-state index is 0.0665. The van der Waals surface area contributed by atoms with Gasteiger partial charge in [-0.25, -0.2) is 0 Å². The molecule has 1 atom stereocenters. The Hall–Kier alpha value is -3.47. The van der Waals surface area contributed by atoms with Crippen molar-refractivity contribution in [2.24, 2.45) is 5.41 Å². The van der Waals surface area contributed by atoms with Crippen molar-refractivity contribution in [3.8, 4) is 0 Å². The Morgan fingerprint density at radius 1 is 1.13 bits per heavy atom. The van der Waals surface area contributed by atoms with Crippen molar-refractivity contribution in [1.82, 2.24) is 15.2 Å². The van der Waals surface area contributed by atoms with E-state index in [1.54, 1.807) is 6.20 Å². The highest BCUT2D eigenvalue weighted by atomic mass is 16.2. The number of para-hydroxylation sites is 1. The fraction of sp³-hybridized carbons (Fsp3) is 0.269. The Labute approximate surface area is 182 Å². The zero-order valence-corrected chi connectivity index (χ0v) is 17.5. The van der Waals surface area contributed by atoms with Crippen LogP contribution in [-0.4, -0.2) is 41.1 Å². The number of carbonyl (C=O) groups is 1. The first-order chi connectivity index (χ1) is 15.1. The van der Waals surface area contributed by atoms with Crippen LogP contribution in [0.2, 0.25) is 0 Å². The number of aromatic nitrogens is 1. The number of fused-ring (bicyclic) bond motifs is 1. The monoisotopic (exact) mass is 410 g/mol. The summed E-state index contributed by atoms with van der Waals surface area (Å²) in [5, 5.41) is 13.2. The van der Waals surface area contributed by atoms with Gasteiger partial charge in [-0.05, 0) is 36.6 Å². The number of hydrogen-bond donors (Lipinski definition) is 2. The molecule has 3 aromatic rings. The van der Waals surface area contributed by atoms with E-state index in [2.05, 4.69) is 10.3 Å². The molecule has 5 nitrogen and oxygen atoms in total. The third-order valence-electron chi connectivity index (χ3n) is 6.59. The van der Waals surface area contributed by atoms with Crippen molar-refractivity contribution in [2.75, 3.05) is 19.6 Å². The highest BCUT2D eigenvalue weighted by molar-refractivity contribution is 6.08. The molecule has 1 spiro atoms. The number of pyridine rings is 1. The smallest absolute Gasteiger partial charge is 0.227 e. The van der Waals surface area contributed by atoms with Gasteiger partial charge in [0.1, 0.15) is 0 Å². The average Bonchev–Trinajstić information content (AvgIpc) is 3.41. The van der Waals surface area contributed by atoms with Gasteiger partial charge in [-0.2, -0.15) is 0 Å². The molecule has 0 aliphatic carbocycles. The largest absolute Gasteiger partial charge is 0.388 e. The van der Waals surface area contributed by atoms with Crippen molar-refractivity contribution in [3.63, 3.8) is 0 Å². The lowest BCUT2D eigenvalue weighted by molar-refractivity contribution is -0.129. The number of likely N-dealkylation sites (tertiary alicyclic amines) is 1. The molecule has 3 heterocycles. The fourth-order valence-corrected chi connectivity index (χ4v) is 4.80. The van der Waals surface area contributed by atoms with Crippen molar-refractivity contribution >= 4 is 22.5 Å². The SMILES string of the molecule is N=C(/C=C1\NCCC12CCN(C(=O)Cc1ccccc1)C2)c1cnc2ccccc2c1. The number of allylic oxidation sites excluding steroid dienone is 1. The number of nitrogens with one attached hydrogen (secondary N) is 2. The van der Waals surface area contributed by atoms with Gasteiger partial charge in [-0.1, -0.05) is 48.5 Å². The lowest BCUT2D eigenvalue weighted by atomic mass is 9.82. The third kappa shape index (κ3) is 3.83. The molecular weight excluding hydrogens is 384 g/mol. The van der Waals surface area contributed by atoms with Crippen molar-refractivity contribution in [2.45, 2.75) is 19.3 Å². The molecular formula is C26H26N4O. The van der Waals surface area contributed by atoms with Gasteiger partial charge in [-0.3, -0.25) is 9.78 Å². The summed E-state index contributed by atoms with van der Waals surface area (Å²) < 4.78 is 0. The van der Waals surface area contributed by atoms with Gasteiger partial charge >= 0.3 is 0 Å². The second-order valence-electron chi connectivity index (χ2n) is 8.57. The highest BCUT2D eigenvalue weighted by Crippen LogP contribution is 2.43. The molecule has 0 bridgehead atoms. The van der Waals surface area contributed by atoms with Crippen LogP contribution in [0.5, 0.6) is 0 Å². The van der Waals surface area contributed by atoms with Crippen LogP contribution in [0.15, 0.2) is 78.6 Å². The summed E-state index contributed by atoms with van der Waals surface area (Å²) in [7, 11) is 0. The molecule has 156 valence electrons. The lowest BCUT2D eigenvalue weighted by Crippen LogP contribution is -2.33. The number of nitrogens with zero attached hydrogens (tertiary/aromatic N) is 2. The molecule has 0 saturated carbocycles. The van der Waals surface area contributed by atoms with Gasteiger partial charge in [0.25, 0.3) is 0 Å². The van der Waals surface area contributed by atoms with Crippen LogP contribution >= 0.6 is 0 Å². The van der Waals surface area contributed by atoms with Crippen molar-refractivity contribution in [1.29, 1.82) is 5.41 Å². The minimum Gasteiger partial charge on any atom is -0.388 e. The first-order valence-corrected chi connectivity index (χ1v) is 10.8. The van der Waals surface area contributed by atoms with E-state index in [0.29, 0.717) is 12.1 Å². The molecule has 2 N–H and O–H groups in total. The normalized spacial score (nSPS) is 21.7. The summed E-state index contributed by atoms with van der Waals surface area (Å²) in [5.41, 5.74) is 4.27. The Bertz CT molecular complexity index is 1170. The molecule has 2 aliphatic heterocycles. The average molecular weight is 411 g/mol. The Kier molecular flexibility index (Phi) is 5.02. The maximum absolute atomic E-state index is 12.9. The Morgan fingerprint density at radius 3 is 2.81 bits per heavy atom. The summed E-state index contributed by atoms with van der Waals surface area (Å²) in [6.45, 7) is 2.38. The molecule has 1 unspecified atom stereocenters. The quantitative estimate of drug-likeness (QED) is 0.640. The van der Waals surface area contributed by atoms with E-state index in [0.717, 1.165) is 60.2 Å². The van der Waals surface area contributed by atoms with Gasteiger partial charge in [-0.15, -0.1) is 0 Å². The van der Waals surface area contributed by atoms with E-state index < -0.39 is 0 Å². The van der Waals surface area contributed by atoms with Gasteiger partial charge < -0.3 is 15.6 Å². The Morgan fingerprint density at radius 2 is 1.94 bits per heavy atom. The van der Waals surface area contributed by atoms with Crippen LogP contribution in [0, 0.1) is 10.8 Å². The minimum atomic E-state index is -0.0665. The highest BCUT2D eigenvalue weighted by Gasteiger charge is 2.45. The molecule has 5 rings (SSSR count). The van der Waals surface area contributed by atoms with Gasteiger partial charge in [0.05, 0.1) is 17.6 Å². The van der Waals surface area contributed by atoms with E-state index in [-0.39, 0.29) is 11.3 Å². The summed E-state index contributed by atoms with van der Waals surface area (Å²) in [5.74, 6) is 0.183. The topological polar surface area (TPSA) is 69.1 Å². The summed E-state index contributed by atoms with van der Waals surface area (Å²) in [4.78, 5) is 19.4. The first kappa shape index (κ1) is 19.5. The predicted molar refractivity (Wildman–Crippen MR) is 123 cm³/mol. The van der Waals surface area contributed by atoms with E-state index in [4.69, 9.17) is 5.41 Å². The molecule has 0 radical (unpaired) electrons. The van der Waals surface area contributed by atoms with Crippen molar-refractivity contribution in [3.05, 3.63) is 89.8 Å². The molecule has 1 aromatic heterocycles. The number of rotatable bonds is 4. The van der Waals surface area contributed by atoms with E-state index in [1.807, 2.05) is 71.6 Å². The maximum atomic E-state index is 12.9. The van der Waals surface area contributed by atoms with E-state index in [1.165, 1.54) is 0 Å². The maximum Gasteiger partial charge on any atom is 0.227 e. The second kappa shape index (κ2) is 7.99. The second-order valence-corrected chi connectivity index (χ2v) is 8.57. The fourth-order valence-electron chi connectivity index (χ4n) is 4.80. The van der Waals surface area contributed by atoms with E-state index >= 15 is 0 Å². The molecule has 2 aromatic carbocycles. The zero-order chi connectivity index (χ0) is 21.3. The van der Waals surface area contributed by atoms with Crippen LogP contribution in [0.4, 0.5) is 0 Å². The molecule has 31 heavy (non-hydrogen) atoms. The summed E-state index contributed by atoms with van der Waals surface area (Å²) in [6, 6.07) is 19.9. The summed E-state index contributed by atoms with van der Waals surface area (Å²) in [6.07, 6.45) is 6.10. The molecule has 2 aliphatic rings. The standard InChI is InChI=1S/C26H26N4O/c27-22(21-15-20-8-4-5-9-23(20)29-17-21)16-24-26(10-12-28-24)11-13-30(18-26)25(31)14-19-6-2-1-3-7-19/h1-9,15-17,27-28H,10-14,18H2/b24-16-,27-22?. The van der Waals surface area contributed by atoms with Gasteiger partial charge in [0.15, 0.2) is 0 Å². The molecule has 2 fully saturated rings. The van der Waals surface area contributed by atoms with E-state index in [9.17, 15) is 4.79 Å².